The summed E-state index contributed by atoms with van der Waals surface area (Å²) in [5.74, 6) is 3.71. The first kappa shape index (κ1) is 18.5. The van der Waals surface area contributed by atoms with Gasteiger partial charge in [-0.25, -0.2) is 4.39 Å². The molecule has 1 unspecified atom stereocenters. The molecule has 3 rings (SSSR count). The minimum atomic E-state index is -2.20. The normalized spacial score (nSPS) is 16.3. The SMILES string of the molecule is C=C1C=C(C(C)(C)F)c2cc(Cc3ccc(S(=C)(C)=O)cc3)ccc2N1. The van der Waals surface area contributed by atoms with Crippen LogP contribution in [0.2, 0.25) is 0 Å². The van der Waals surface area contributed by atoms with Crippen LogP contribution in [-0.2, 0) is 15.9 Å². The van der Waals surface area contributed by atoms with Gasteiger partial charge in [-0.05, 0) is 82.7 Å². The fourth-order valence-electron chi connectivity index (χ4n) is 3.12. The first-order valence-electron chi connectivity index (χ1n) is 8.45. The highest BCUT2D eigenvalue weighted by molar-refractivity contribution is 7.99. The third-order valence-electron chi connectivity index (χ3n) is 4.46. The Balaban J connectivity index is 1.93. The number of hydrogen-bond acceptors (Lipinski definition) is 2. The maximum atomic E-state index is 14.7. The molecule has 2 nitrogen and oxygen atoms in total. The number of allylic oxidation sites excluding steroid dienone is 2. The van der Waals surface area contributed by atoms with Gasteiger partial charge in [0.05, 0.1) is 0 Å². The lowest BCUT2D eigenvalue weighted by atomic mass is 9.87. The van der Waals surface area contributed by atoms with E-state index in [1.165, 1.54) is 0 Å². The predicted molar refractivity (Wildman–Crippen MR) is 111 cm³/mol. The van der Waals surface area contributed by atoms with E-state index in [4.69, 9.17) is 0 Å². The van der Waals surface area contributed by atoms with Crippen LogP contribution in [0, 0.1) is 0 Å². The number of benzene rings is 2. The van der Waals surface area contributed by atoms with Gasteiger partial charge in [0.1, 0.15) is 5.67 Å². The summed E-state index contributed by atoms with van der Waals surface area (Å²) in [5, 5.41) is 3.20. The topological polar surface area (TPSA) is 29.1 Å². The average Bonchev–Trinajstić information content (AvgIpc) is 2.53. The van der Waals surface area contributed by atoms with Gasteiger partial charge in [0, 0.05) is 28.1 Å². The number of alkyl halides is 1. The number of rotatable bonds is 4. The van der Waals surface area contributed by atoms with Crippen molar-refractivity contribution in [3.05, 3.63) is 77.5 Å². The summed E-state index contributed by atoms with van der Waals surface area (Å²) < 4.78 is 26.7. The summed E-state index contributed by atoms with van der Waals surface area (Å²) >= 11 is 0. The molecule has 1 heterocycles. The van der Waals surface area contributed by atoms with Crippen molar-refractivity contribution in [1.29, 1.82) is 0 Å². The first-order valence-corrected chi connectivity index (χ1v) is 10.6. The Morgan fingerprint density at radius 3 is 2.31 bits per heavy atom. The summed E-state index contributed by atoms with van der Waals surface area (Å²) in [4.78, 5) is 0.749. The smallest absolute Gasteiger partial charge is 0.131 e. The molecule has 26 heavy (non-hydrogen) atoms. The zero-order valence-electron chi connectivity index (χ0n) is 15.4. The van der Waals surface area contributed by atoms with E-state index in [9.17, 15) is 8.60 Å². The van der Waals surface area contributed by atoms with E-state index in [2.05, 4.69) is 17.8 Å². The van der Waals surface area contributed by atoms with Crippen LogP contribution in [0.3, 0.4) is 0 Å². The molecule has 4 heteroatoms. The molecule has 0 spiro atoms. The van der Waals surface area contributed by atoms with Crippen LogP contribution in [-0.4, -0.2) is 22.0 Å². The lowest BCUT2D eigenvalue weighted by Crippen LogP contribution is -2.19. The molecular formula is C22H24FNOS. The molecule has 136 valence electrons. The predicted octanol–water partition coefficient (Wildman–Crippen LogP) is 5.05. The van der Waals surface area contributed by atoms with Crippen LogP contribution in [0.15, 0.2) is 65.7 Å². The van der Waals surface area contributed by atoms with Gasteiger partial charge in [-0.2, -0.15) is 0 Å². The molecule has 0 aliphatic carbocycles. The Kier molecular flexibility index (Phi) is 4.57. The first-order chi connectivity index (χ1) is 12.0. The molecule has 0 saturated carbocycles. The van der Waals surface area contributed by atoms with Crippen LogP contribution in [0.4, 0.5) is 10.1 Å². The molecule has 0 fully saturated rings. The van der Waals surface area contributed by atoms with Gasteiger partial charge in [-0.3, -0.25) is 4.21 Å². The van der Waals surface area contributed by atoms with Crippen molar-refractivity contribution < 1.29 is 8.60 Å². The summed E-state index contributed by atoms with van der Waals surface area (Å²) in [7, 11) is -2.20. The number of nitrogens with one attached hydrogen (secondary N) is 1. The lowest BCUT2D eigenvalue weighted by molar-refractivity contribution is 0.300. The van der Waals surface area contributed by atoms with E-state index in [0.29, 0.717) is 11.3 Å². The second-order valence-electron chi connectivity index (χ2n) is 7.39. The minimum absolute atomic E-state index is 0.635. The Labute approximate surface area is 155 Å². The molecule has 0 amide bonds. The summed E-state index contributed by atoms with van der Waals surface area (Å²) in [6, 6.07) is 13.7. The van der Waals surface area contributed by atoms with Crippen LogP contribution < -0.4 is 5.32 Å². The maximum absolute atomic E-state index is 14.7. The van der Waals surface area contributed by atoms with Crippen molar-refractivity contribution >= 4 is 26.7 Å². The van der Waals surface area contributed by atoms with Crippen molar-refractivity contribution in [2.24, 2.45) is 0 Å². The zero-order chi connectivity index (χ0) is 19.1. The monoisotopic (exact) mass is 369 g/mol. The molecule has 1 aliphatic heterocycles. The standard InChI is InChI=1S/C22H24FNOS/c1-15-12-20(22(2,3)23)19-14-17(8-11-21(19)24-15)13-16-6-9-18(10-7-16)26(4,5)25/h6-12,14,24H,1,4,13H2,2-3,5H3. The van der Waals surface area contributed by atoms with E-state index in [1.54, 1.807) is 26.2 Å². The van der Waals surface area contributed by atoms with Gasteiger partial charge in [0.25, 0.3) is 0 Å². The molecule has 0 radical (unpaired) electrons. The highest BCUT2D eigenvalue weighted by Crippen LogP contribution is 2.39. The minimum Gasteiger partial charge on any atom is -0.356 e. The molecule has 1 aliphatic rings. The molecule has 0 aromatic heterocycles. The van der Waals surface area contributed by atoms with E-state index in [0.717, 1.165) is 33.7 Å². The molecule has 2 aromatic rings. The van der Waals surface area contributed by atoms with Crippen molar-refractivity contribution in [1.82, 2.24) is 0 Å². The van der Waals surface area contributed by atoms with Crippen molar-refractivity contribution in [3.63, 3.8) is 0 Å². The van der Waals surface area contributed by atoms with Gasteiger partial charge in [-0.1, -0.05) is 24.8 Å². The highest BCUT2D eigenvalue weighted by Gasteiger charge is 2.28. The van der Waals surface area contributed by atoms with Crippen LogP contribution in [0.1, 0.15) is 30.5 Å². The Morgan fingerprint density at radius 1 is 1.12 bits per heavy atom. The largest absolute Gasteiger partial charge is 0.356 e. The number of fused-ring (bicyclic) bond motifs is 1. The highest BCUT2D eigenvalue weighted by atomic mass is 32.2. The molecule has 2 aromatic carbocycles. The third kappa shape index (κ3) is 3.91. The lowest BCUT2D eigenvalue weighted by Gasteiger charge is -2.27. The van der Waals surface area contributed by atoms with Crippen LogP contribution in [0.25, 0.3) is 5.57 Å². The average molecular weight is 370 g/mol. The summed E-state index contributed by atoms with van der Waals surface area (Å²) in [5.41, 5.74) is 3.82. The van der Waals surface area contributed by atoms with Gasteiger partial charge in [0.15, 0.2) is 0 Å². The van der Waals surface area contributed by atoms with E-state index < -0.39 is 15.2 Å². The van der Waals surface area contributed by atoms with Crippen molar-refractivity contribution in [2.75, 3.05) is 11.6 Å². The Hall–Kier alpha value is -2.33. The quantitative estimate of drug-likeness (QED) is 0.764. The van der Waals surface area contributed by atoms with Crippen molar-refractivity contribution in [2.45, 2.75) is 30.8 Å². The Bertz CT molecular complexity index is 993. The number of hydrogen-bond donors (Lipinski definition) is 1. The van der Waals surface area contributed by atoms with Gasteiger partial charge in [-0.15, -0.1) is 0 Å². The zero-order valence-corrected chi connectivity index (χ0v) is 16.3. The molecule has 1 N–H and O–H groups in total. The molecule has 0 saturated heterocycles. The van der Waals surface area contributed by atoms with Crippen molar-refractivity contribution in [3.8, 4) is 0 Å². The fourth-order valence-corrected chi connectivity index (χ4v) is 3.83. The van der Waals surface area contributed by atoms with Gasteiger partial charge >= 0.3 is 0 Å². The van der Waals surface area contributed by atoms with E-state index in [-0.39, 0.29) is 0 Å². The van der Waals surface area contributed by atoms with E-state index >= 15 is 0 Å². The molecular weight excluding hydrogens is 345 g/mol. The van der Waals surface area contributed by atoms with E-state index in [1.807, 2.05) is 42.5 Å². The van der Waals surface area contributed by atoms with Crippen LogP contribution in [0.5, 0.6) is 0 Å². The van der Waals surface area contributed by atoms with Gasteiger partial charge in [0.2, 0.25) is 0 Å². The number of anilines is 1. The second-order valence-corrected chi connectivity index (χ2v) is 9.87. The van der Waals surface area contributed by atoms with Crippen LogP contribution >= 0.6 is 0 Å². The molecule has 1 atom stereocenters. The summed E-state index contributed by atoms with van der Waals surface area (Å²) in [6.45, 7) is 7.04. The second kappa shape index (κ2) is 6.44. The maximum Gasteiger partial charge on any atom is 0.131 e. The number of halogens is 1. The Morgan fingerprint density at radius 2 is 1.73 bits per heavy atom. The summed E-state index contributed by atoms with van der Waals surface area (Å²) in [6.07, 6.45) is 4.13. The molecule has 0 bridgehead atoms. The third-order valence-corrected chi connectivity index (χ3v) is 5.73. The fraction of sp³-hybridized carbons (Fsp3) is 0.227. The van der Waals surface area contributed by atoms with Gasteiger partial charge < -0.3 is 5.32 Å².